The first-order valence-electron chi connectivity index (χ1n) is 8.18. The van der Waals surface area contributed by atoms with E-state index in [0.717, 1.165) is 42.5 Å². The molecule has 0 aliphatic heterocycles. The van der Waals surface area contributed by atoms with Crippen LogP contribution in [0.2, 0.25) is 0 Å². The standard InChI is InChI=1S/C17H23FN4O.2ClH/c1-22-15-10-12(18)5-6-14(15)21-16(22)7-8-20-17(23)11-3-2-4-13(19)9-11;;/h5-6,10-11,13H,2-4,7-9,19H2,1H3,(H,20,23);2*1H. The highest BCUT2D eigenvalue weighted by Gasteiger charge is 2.25. The Hall–Kier alpha value is -1.37. The van der Waals surface area contributed by atoms with Crippen LogP contribution in [0.5, 0.6) is 0 Å². The summed E-state index contributed by atoms with van der Waals surface area (Å²) in [6.07, 6.45) is 4.36. The number of amides is 1. The van der Waals surface area contributed by atoms with E-state index in [1.54, 1.807) is 6.07 Å². The van der Waals surface area contributed by atoms with Gasteiger partial charge in [-0.1, -0.05) is 6.42 Å². The summed E-state index contributed by atoms with van der Waals surface area (Å²) < 4.78 is 15.2. The molecule has 0 saturated heterocycles. The number of imidazole rings is 1. The van der Waals surface area contributed by atoms with Crippen LogP contribution >= 0.6 is 24.8 Å². The lowest BCUT2D eigenvalue weighted by molar-refractivity contribution is -0.126. The molecule has 1 aromatic heterocycles. The average Bonchev–Trinajstić information content (AvgIpc) is 2.83. The van der Waals surface area contributed by atoms with E-state index in [-0.39, 0.29) is 48.5 Å². The van der Waals surface area contributed by atoms with E-state index in [2.05, 4.69) is 10.3 Å². The van der Waals surface area contributed by atoms with E-state index < -0.39 is 0 Å². The summed E-state index contributed by atoms with van der Waals surface area (Å²) >= 11 is 0. The van der Waals surface area contributed by atoms with Gasteiger partial charge < -0.3 is 15.6 Å². The van der Waals surface area contributed by atoms with Crippen molar-refractivity contribution in [3.63, 3.8) is 0 Å². The van der Waals surface area contributed by atoms with Gasteiger partial charge in [0, 0.05) is 32.0 Å². The van der Waals surface area contributed by atoms with Crippen LogP contribution < -0.4 is 11.1 Å². The van der Waals surface area contributed by atoms with Crippen molar-refractivity contribution in [1.82, 2.24) is 14.9 Å². The molecule has 0 spiro atoms. The molecule has 1 fully saturated rings. The molecule has 0 bridgehead atoms. The Morgan fingerprint density at radius 2 is 2.16 bits per heavy atom. The van der Waals surface area contributed by atoms with Gasteiger partial charge >= 0.3 is 0 Å². The van der Waals surface area contributed by atoms with Crippen molar-refractivity contribution in [1.29, 1.82) is 0 Å². The third kappa shape index (κ3) is 5.06. The number of nitrogens with zero attached hydrogens (tertiary/aromatic N) is 2. The van der Waals surface area contributed by atoms with E-state index in [4.69, 9.17) is 5.73 Å². The lowest BCUT2D eigenvalue weighted by atomic mass is 9.85. The van der Waals surface area contributed by atoms with E-state index in [9.17, 15) is 9.18 Å². The maximum atomic E-state index is 13.3. The molecule has 3 rings (SSSR count). The number of nitrogens with one attached hydrogen (secondary N) is 1. The van der Waals surface area contributed by atoms with Crippen LogP contribution in [0.15, 0.2) is 18.2 Å². The fourth-order valence-corrected chi connectivity index (χ4v) is 3.34. The van der Waals surface area contributed by atoms with Gasteiger partial charge in [-0.25, -0.2) is 9.37 Å². The molecule has 1 aliphatic carbocycles. The summed E-state index contributed by atoms with van der Waals surface area (Å²) in [5.41, 5.74) is 7.47. The number of nitrogens with two attached hydrogens (primary N) is 1. The number of aryl methyl sites for hydroxylation is 1. The maximum Gasteiger partial charge on any atom is 0.223 e. The molecule has 3 N–H and O–H groups in total. The molecule has 8 heteroatoms. The molecule has 5 nitrogen and oxygen atoms in total. The maximum absolute atomic E-state index is 13.3. The topological polar surface area (TPSA) is 72.9 Å². The number of carbonyl (C=O) groups is 1. The van der Waals surface area contributed by atoms with Crippen molar-refractivity contribution >= 4 is 41.8 Å². The van der Waals surface area contributed by atoms with Crippen LogP contribution in [-0.2, 0) is 18.3 Å². The van der Waals surface area contributed by atoms with Crippen LogP contribution in [0.3, 0.4) is 0 Å². The zero-order valence-electron chi connectivity index (χ0n) is 14.2. The highest BCUT2D eigenvalue weighted by atomic mass is 35.5. The molecule has 25 heavy (non-hydrogen) atoms. The van der Waals surface area contributed by atoms with Crippen molar-refractivity contribution in [3.8, 4) is 0 Å². The fraction of sp³-hybridized carbons (Fsp3) is 0.529. The predicted molar refractivity (Wildman–Crippen MR) is 102 cm³/mol. The highest BCUT2D eigenvalue weighted by Crippen LogP contribution is 2.23. The predicted octanol–water partition coefficient (Wildman–Crippen LogP) is 2.73. The Morgan fingerprint density at radius 1 is 1.40 bits per heavy atom. The van der Waals surface area contributed by atoms with E-state index in [0.29, 0.717) is 13.0 Å². The normalized spacial score (nSPS) is 19.8. The van der Waals surface area contributed by atoms with Crippen molar-refractivity contribution in [2.45, 2.75) is 38.1 Å². The Bertz CT molecular complexity index is 722. The van der Waals surface area contributed by atoms with Crippen LogP contribution in [0.4, 0.5) is 4.39 Å². The van der Waals surface area contributed by atoms with Crippen LogP contribution in [0.25, 0.3) is 11.0 Å². The number of fused-ring (bicyclic) bond motifs is 1. The molecule has 1 aliphatic rings. The smallest absolute Gasteiger partial charge is 0.223 e. The molecule has 140 valence electrons. The summed E-state index contributed by atoms with van der Waals surface area (Å²) in [5, 5.41) is 2.98. The van der Waals surface area contributed by atoms with E-state index in [1.807, 2.05) is 11.6 Å². The first kappa shape index (κ1) is 21.7. The van der Waals surface area contributed by atoms with E-state index in [1.165, 1.54) is 12.1 Å². The monoisotopic (exact) mass is 390 g/mol. The summed E-state index contributed by atoms with van der Waals surface area (Å²) in [4.78, 5) is 16.7. The molecular formula is C17H25Cl2FN4O. The molecule has 1 amide bonds. The van der Waals surface area contributed by atoms with Gasteiger partial charge in [0.1, 0.15) is 11.6 Å². The SMILES string of the molecule is Cl.Cl.Cn1c(CCNC(=O)C2CCCC(N)C2)nc2ccc(F)cc21. The van der Waals surface area contributed by atoms with Gasteiger partial charge in [0.05, 0.1) is 11.0 Å². The summed E-state index contributed by atoms with van der Waals surface area (Å²) in [6, 6.07) is 4.71. The first-order chi connectivity index (χ1) is 11.0. The molecule has 1 saturated carbocycles. The third-order valence-corrected chi connectivity index (χ3v) is 4.67. The van der Waals surface area contributed by atoms with Gasteiger partial charge in [-0.2, -0.15) is 0 Å². The van der Waals surface area contributed by atoms with Gasteiger partial charge in [0.15, 0.2) is 0 Å². The van der Waals surface area contributed by atoms with Crippen LogP contribution in [0.1, 0.15) is 31.5 Å². The van der Waals surface area contributed by atoms with Gasteiger partial charge in [-0.15, -0.1) is 24.8 Å². The van der Waals surface area contributed by atoms with Crippen LogP contribution in [0, 0.1) is 11.7 Å². The molecule has 0 radical (unpaired) electrons. The largest absolute Gasteiger partial charge is 0.355 e. The van der Waals surface area contributed by atoms with Crippen molar-refractivity contribution in [2.24, 2.45) is 18.7 Å². The van der Waals surface area contributed by atoms with Crippen molar-refractivity contribution in [2.75, 3.05) is 6.54 Å². The second-order valence-electron chi connectivity index (χ2n) is 6.38. The van der Waals surface area contributed by atoms with Crippen LogP contribution in [-0.4, -0.2) is 28.0 Å². The van der Waals surface area contributed by atoms with Gasteiger partial charge in [-0.05, 0) is 37.5 Å². The Balaban J connectivity index is 0.00000156. The number of aromatic nitrogens is 2. The zero-order valence-corrected chi connectivity index (χ0v) is 15.8. The molecule has 1 aromatic carbocycles. The molecule has 2 aromatic rings. The quantitative estimate of drug-likeness (QED) is 0.842. The van der Waals surface area contributed by atoms with Gasteiger partial charge in [0.25, 0.3) is 0 Å². The first-order valence-corrected chi connectivity index (χ1v) is 8.18. The number of hydrogen-bond acceptors (Lipinski definition) is 3. The number of benzene rings is 1. The average molecular weight is 391 g/mol. The summed E-state index contributed by atoms with van der Waals surface area (Å²) in [7, 11) is 1.87. The Labute approximate surface area is 159 Å². The Morgan fingerprint density at radius 3 is 2.88 bits per heavy atom. The molecule has 1 heterocycles. The third-order valence-electron chi connectivity index (χ3n) is 4.67. The summed E-state index contributed by atoms with van der Waals surface area (Å²) in [5.74, 6) is 0.693. The van der Waals surface area contributed by atoms with Crippen molar-refractivity contribution in [3.05, 3.63) is 29.8 Å². The minimum absolute atomic E-state index is 0. The fourth-order valence-electron chi connectivity index (χ4n) is 3.34. The minimum Gasteiger partial charge on any atom is -0.355 e. The van der Waals surface area contributed by atoms with Gasteiger partial charge in [0.2, 0.25) is 5.91 Å². The van der Waals surface area contributed by atoms with E-state index >= 15 is 0 Å². The second kappa shape index (κ2) is 9.36. The molecule has 2 unspecified atom stereocenters. The van der Waals surface area contributed by atoms with Crippen molar-refractivity contribution < 1.29 is 9.18 Å². The lowest BCUT2D eigenvalue weighted by Crippen LogP contribution is -2.38. The second-order valence-corrected chi connectivity index (χ2v) is 6.38. The number of carbonyl (C=O) groups excluding carboxylic acids is 1. The highest BCUT2D eigenvalue weighted by molar-refractivity contribution is 5.85. The molecule has 2 atom stereocenters. The minimum atomic E-state index is -0.269. The molecular weight excluding hydrogens is 366 g/mol. The number of halogens is 3. The summed E-state index contributed by atoms with van der Waals surface area (Å²) in [6.45, 7) is 0.532. The lowest BCUT2D eigenvalue weighted by Gasteiger charge is -2.25. The zero-order chi connectivity index (χ0) is 16.4. The number of hydrogen-bond donors (Lipinski definition) is 2. The Kier molecular flexibility index (Phi) is 8.12. The van der Waals surface area contributed by atoms with Gasteiger partial charge in [-0.3, -0.25) is 4.79 Å². The number of rotatable bonds is 4.